The van der Waals surface area contributed by atoms with Crippen LogP contribution in [0.4, 0.5) is 17.1 Å². The third-order valence-corrected chi connectivity index (χ3v) is 4.50. The molecule has 0 bridgehead atoms. The van der Waals surface area contributed by atoms with Gasteiger partial charge in [-0.25, -0.2) is 0 Å². The second-order valence-corrected chi connectivity index (χ2v) is 6.89. The van der Waals surface area contributed by atoms with Crippen LogP contribution in [0.25, 0.3) is 0 Å². The van der Waals surface area contributed by atoms with Gasteiger partial charge in [0.15, 0.2) is 0 Å². The molecule has 7 heteroatoms. The van der Waals surface area contributed by atoms with Gasteiger partial charge in [0.2, 0.25) is 5.91 Å². The average molecular weight is 468 g/mol. The number of ether oxygens (including phenoxy) is 1. The van der Waals surface area contributed by atoms with Crippen LogP contribution in [0.2, 0.25) is 0 Å². The van der Waals surface area contributed by atoms with Gasteiger partial charge in [0.1, 0.15) is 6.61 Å². The summed E-state index contributed by atoms with van der Waals surface area (Å²) in [6.45, 7) is 3.20. The number of nitrogens with one attached hydrogen (secondary N) is 2. The van der Waals surface area contributed by atoms with Crippen molar-refractivity contribution in [3.8, 4) is 0 Å². The second-order valence-electron chi connectivity index (χ2n) is 5.73. The molecule has 0 aliphatic carbocycles. The molecule has 0 aromatic heterocycles. The zero-order chi connectivity index (χ0) is 19.1. The molecule has 0 atom stereocenters. The van der Waals surface area contributed by atoms with E-state index >= 15 is 0 Å². The fourth-order valence-electron chi connectivity index (χ4n) is 2.42. The number of aryl methyl sites for hydroxylation is 1. The lowest BCUT2D eigenvalue weighted by molar-refractivity contribution is -0.143. The Hall–Kier alpha value is -2.13. The van der Waals surface area contributed by atoms with Crippen LogP contribution in [-0.2, 0) is 20.7 Å². The Labute approximate surface area is 166 Å². The van der Waals surface area contributed by atoms with Crippen LogP contribution >= 0.6 is 22.6 Å². The number of halogens is 1. The summed E-state index contributed by atoms with van der Waals surface area (Å²) in [5, 5.41) is 14.9. The van der Waals surface area contributed by atoms with Crippen molar-refractivity contribution in [1.82, 2.24) is 0 Å². The molecule has 0 fully saturated rings. The maximum atomic E-state index is 11.9. The molecule has 0 aliphatic heterocycles. The molecule has 1 amide bonds. The maximum absolute atomic E-state index is 11.9. The van der Waals surface area contributed by atoms with Crippen molar-refractivity contribution in [1.29, 1.82) is 0 Å². The van der Waals surface area contributed by atoms with Gasteiger partial charge in [0, 0.05) is 21.9 Å². The Balaban J connectivity index is 2.35. The first-order valence-electron chi connectivity index (χ1n) is 8.10. The number of esters is 1. The van der Waals surface area contributed by atoms with E-state index in [2.05, 4.69) is 33.2 Å². The van der Waals surface area contributed by atoms with Crippen molar-refractivity contribution in [3.05, 3.63) is 51.1 Å². The first kappa shape index (κ1) is 20.2. The molecule has 2 aromatic rings. The monoisotopic (exact) mass is 468 g/mol. The fraction of sp³-hybridized carbons (Fsp3) is 0.263. The molecular formula is C19H21IN2O4. The second kappa shape index (κ2) is 9.54. The Kier molecular flexibility index (Phi) is 7.40. The summed E-state index contributed by atoms with van der Waals surface area (Å²) in [5.41, 5.74) is 4.09. The van der Waals surface area contributed by atoms with Gasteiger partial charge in [0.25, 0.3) is 0 Å². The molecular weight excluding hydrogens is 447 g/mol. The number of hydrogen-bond donors (Lipinski definition) is 3. The summed E-state index contributed by atoms with van der Waals surface area (Å²) < 4.78 is 6.00. The van der Waals surface area contributed by atoms with Gasteiger partial charge in [-0.3, -0.25) is 9.59 Å². The van der Waals surface area contributed by atoms with Gasteiger partial charge in [-0.05, 0) is 58.8 Å². The molecule has 6 nitrogen and oxygen atoms in total. The third-order valence-electron chi connectivity index (χ3n) is 3.60. The molecule has 2 rings (SSSR count). The van der Waals surface area contributed by atoms with Gasteiger partial charge < -0.3 is 20.5 Å². The van der Waals surface area contributed by atoms with Gasteiger partial charge in [-0.1, -0.05) is 18.2 Å². The largest absolute Gasteiger partial charge is 0.463 e. The Bertz CT molecular complexity index is 788. The Morgan fingerprint density at radius 1 is 1.23 bits per heavy atom. The molecule has 0 aliphatic rings. The fourth-order valence-corrected chi connectivity index (χ4v) is 3.19. The zero-order valence-corrected chi connectivity index (χ0v) is 16.8. The Morgan fingerprint density at radius 2 is 2.00 bits per heavy atom. The van der Waals surface area contributed by atoms with Crippen LogP contribution in [-0.4, -0.2) is 30.2 Å². The number of carbonyl (C=O) groups is 2. The molecule has 138 valence electrons. The smallest absolute Gasteiger partial charge is 0.310 e. The molecule has 0 saturated carbocycles. The summed E-state index contributed by atoms with van der Waals surface area (Å²) in [4.78, 5) is 23.3. The molecule has 3 N–H and O–H groups in total. The third kappa shape index (κ3) is 5.70. The van der Waals surface area contributed by atoms with Crippen LogP contribution < -0.4 is 10.6 Å². The first-order valence-corrected chi connectivity index (χ1v) is 9.17. The number of aliphatic hydroxyl groups is 1. The molecule has 0 unspecified atom stereocenters. The molecule has 2 aromatic carbocycles. The van der Waals surface area contributed by atoms with E-state index in [1.54, 1.807) is 18.2 Å². The average Bonchev–Trinajstić information content (AvgIpc) is 2.58. The van der Waals surface area contributed by atoms with Gasteiger partial charge in [-0.15, -0.1) is 0 Å². The number of carbonyl (C=O) groups excluding carboxylic acids is 2. The summed E-state index contributed by atoms with van der Waals surface area (Å²) >= 11 is 2.25. The van der Waals surface area contributed by atoms with Crippen LogP contribution in [0.3, 0.4) is 0 Å². The highest BCUT2D eigenvalue weighted by Crippen LogP contribution is 2.30. The van der Waals surface area contributed by atoms with E-state index in [1.165, 1.54) is 6.92 Å². The molecule has 0 spiro atoms. The van der Waals surface area contributed by atoms with E-state index in [9.17, 15) is 9.59 Å². The number of hydrogen-bond acceptors (Lipinski definition) is 5. The summed E-state index contributed by atoms with van der Waals surface area (Å²) in [6.07, 6.45) is 0.0607. The highest BCUT2D eigenvalue weighted by Gasteiger charge is 2.13. The van der Waals surface area contributed by atoms with Crippen molar-refractivity contribution in [2.75, 3.05) is 23.8 Å². The molecule has 0 radical (unpaired) electrons. The van der Waals surface area contributed by atoms with Crippen molar-refractivity contribution >= 4 is 51.5 Å². The minimum atomic E-state index is -0.422. The van der Waals surface area contributed by atoms with E-state index in [0.717, 1.165) is 20.4 Å². The van der Waals surface area contributed by atoms with Crippen LogP contribution in [0.1, 0.15) is 18.1 Å². The number of aliphatic hydroxyl groups excluding tert-OH is 1. The van der Waals surface area contributed by atoms with Crippen LogP contribution in [0.15, 0.2) is 36.4 Å². The number of para-hydroxylation sites is 1. The van der Waals surface area contributed by atoms with Crippen LogP contribution in [0, 0.1) is 10.5 Å². The number of amides is 1. The number of benzene rings is 2. The normalized spacial score (nSPS) is 10.3. The predicted octanol–water partition coefficient (Wildman–Crippen LogP) is 3.38. The zero-order valence-electron chi connectivity index (χ0n) is 14.6. The Morgan fingerprint density at radius 3 is 2.65 bits per heavy atom. The van der Waals surface area contributed by atoms with Crippen molar-refractivity contribution < 1.29 is 19.4 Å². The molecule has 0 heterocycles. The quantitative estimate of drug-likeness (QED) is 0.429. The highest BCUT2D eigenvalue weighted by atomic mass is 127. The van der Waals surface area contributed by atoms with E-state index in [0.29, 0.717) is 11.4 Å². The highest BCUT2D eigenvalue weighted by molar-refractivity contribution is 14.1. The van der Waals surface area contributed by atoms with E-state index in [4.69, 9.17) is 9.84 Å². The molecule has 26 heavy (non-hydrogen) atoms. The SMILES string of the molecule is CC(=O)Nc1ccc(CC(=O)OCCO)c(Nc2c(C)cccc2I)c1. The standard InChI is InChI=1S/C19H21IN2O4/c1-12-4-3-5-16(20)19(12)22-17-11-15(21-13(2)24)7-6-14(17)10-18(25)26-9-8-23/h3-7,11,22-23H,8-10H2,1-2H3,(H,21,24). The van der Waals surface area contributed by atoms with Crippen molar-refractivity contribution in [3.63, 3.8) is 0 Å². The molecule has 0 saturated heterocycles. The summed E-state index contributed by atoms with van der Waals surface area (Å²) in [7, 11) is 0. The van der Waals surface area contributed by atoms with Gasteiger partial charge >= 0.3 is 5.97 Å². The van der Waals surface area contributed by atoms with E-state index in [-0.39, 0.29) is 25.5 Å². The van der Waals surface area contributed by atoms with Gasteiger partial charge in [0.05, 0.1) is 18.7 Å². The number of anilines is 3. The minimum absolute atomic E-state index is 0.0265. The lowest BCUT2D eigenvalue weighted by Crippen LogP contribution is -2.13. The lowest BCUT2D eigenvalue weighted by atomic mass is 10.1. The van der Waals surface area contributed by atoms with E-state index < -0.39 is 5.97 Å². The number of rotatable bonds is 7. The van der Waals surface area contributed by atoms with Crippen molar-refractivity contribution in [2.45, 2.75) is 20.3 Å². The van der Waals surface area contributed by atoms with Gasteiger partial charge in [-0.2, -0.15) is 0 Å². The lowest BCUT2D eigenvalue weighted by Gasteiger charge is -2.17. The first-order chi connectivity index (χ1) is 12.4. The van der Waals surface area contributed by atoms with E-state index in [1.807, 2.05) is 25.1 Å². The summed E-state index contributed by atoms with van der Waals surface area (Å²) in [5.74, 6) is -0.592. The van der Waals surface area contributed by atoms with Crippen LogP contribution in [0.5, 0.6) is 0 Å². The minimum Gasteiger partial charge on any atom is -0.463 e. The van der Waals surface area contributed by atoms with Crippen molar-refractivity contribution in [2.24, 2.45) is 0 Å². The maximum Gasteiger partial charge on any atom is 0.310 e. The summed E-state index contributed by atoms with van der Waals surface area (Å²) in [6, 6.07) is 11.3. The topological polar surface area (TPSA) is 87.7 Å². The predicted molar refractivity (Wildman–Crippen MR) is 110 cm³/mol.